The quantitative estimate of drug-likeness (QED) is 0.626. The molecule has 0 radical (unpaired) electrons. The second-order valence-corrected chi connectivity index (χ2v) is 2.82. The van der Waals surface area contributed by atoms with E-state index in [9.17, 15) is 0 Å². The number of aromatic nitrogens is 1. The van der Waals surface area contributed by atoms with Gasteiger partial charge in [-0.3, -0.25) is 0 Å². The van der Waals surface area contributed by atoms with Crippen molar-refractivity contribution >= 4 is 27.5 Å². The molecule has 1 aromatic rings. The summed E-state index contributed by atoms with van der Waals surface area (Å²) in [5.74, 6) is 0. The van der Waals surface area contributed by atoms with E-state index in [1.165, 1.54) is 6.20 Å². The molecule has 4 heteroatoms. The molecule has 0 bridgehead atoms. The summed E-state index contributed by atoms with van der Waals surface area (Å²) < 4.78 is 0.619. The van der Waals surface area contributed by atoms with Gasteiger partial charge >= 0.3 is 0 Å². The van der Waals surface area contributed by atoms with Gasteiger partial charge in [0.1, 0.15) is 10.7 Å². The van der Waals surface area contributed by atoms with Crippen LogP contribution >= 0.6 is 27.5 Å². The molecule has 0 aliphatic carbocycles. The molecule has 1 aromatic heterocycles. The molecule has 2 nitrogen and oxygen atoms in total. The molecule has 0 N–H and O–H groups in total. The van der Waals surface area contributed by atoms with Crippen molar-refractivity contribution in [2.75, 3.05) is 0 Å². The molecule has 0 unspecified atom stereocenters. The molecule has 50 valence electrons. The average Bonchev–Trinajstić information content (AvgIpc) is 1.94. The number of rotatable bonds is 0. The minimum absolute atomic E-state index is 0.380. The second kappa shape index (κ2) is 3.00. The van der Waals surface area contributed by atoms with Crippen LogP contribution in [0.2, 0.25) is 5.02 Å². The van der Waals surface area contributed by atoms with Crippen LogP contribution in [0, 0.1) is 11.3 Å². The van der Waals surface area contributed by atoms with Gasteiger partial charge in [-0.15, -0.1) is 0 Å². The maximum atomic E-state index is 8.46. The van der Waals surface area contributed by atoms with Gasteiger partial charge in [0.15, 0.2) is 0 Å². The zero-order valence-electron chi connectivity index (χ0n) is 4.81. The highest BCUT2D eigenvalue weighted by Gasteiger charge is 1.98. The lowest BCUT2D eigenvalue weighted by Crippen LogP contribution is -1.79. The number of halogens is 2. The number of nitriles is 1. The number of nitrogens with zero attached hydrogens (tertiary/aromatic N) is 2. The molecule has 0 aromatic carbocycles. The van der Waals surface area contributed by atoms with Crippen LogP contribution in [0.25, 0.3) is 0 Å². The van der Waals surface area contributed by atoms with Crippen molar-refractivity contribution in [3.05, 3.63) is 27.5 Å². The summed E-state index contributed by atoms with van der Waals surface area (Å²) in [5, 5.41) is 8.84. The van der Waals surface area contributed by atoms with Gasteiger partial charge in [0.2, 0.25) is 0 Å². The lowest BCUT2D eigenvalue weighted by molar-refractivity contribution is 1.26. The lowest BCUT2D eigenvalue weighted by Gasteiger charge is -1.92. The third kappa shape index (κ3) is 1.47. The fourth-order valence-corrected chi connectivity index (χ4v) is 0.976. The first kappa shape index (κ1) is 7.52. The SMILES string of the molecule is N#Cc1cc(Br)ncc1Cl. The van der Waals surface area contributed by atoms with Gasteiger partial charge in [0, 0.05) is 6.20 Å². The van der Waals surface area contributed by atoms with E-state index in [0.717, 1.165) is 0 Å². The number of pyridine rings is 1. The molecule has 1 rings (SSSR count). The van der Waals surface area contributed by atoms with Crippen molar-refractivity contribution in [3.63, 3.8) is 0 Å². The standard InChI is InChI=1S/C6H2BrClN2/c7-6-1-4(2-9)5(8)3-10-6/h1,3H. The largest absolute Gasteiger partial charge is 0.248 e. The van der Waals surface area contributed by atoms with Crippen LogP contribution in [-0.2, 0) is 0 Å². The Morgan fingerprint density at radius 2 is 2.40 bits per heavy atom. The Bertz CT molecular complexity index is 292. The maximum Gasteiger partial charge on any atom is 0.107 e. The Hall–Kier alpha value is -0.590. The smallest absolute Gasteiger partial charge is 0.107 e. The topological polar surface area (TPSA) is 36.7 Å². The van der Waals surface area contributed by atoms with Gasteiger partial charge < -0.3 is 0 Å². The van der Waals surface area contributed by atoms with Crippen molar-refractivity contribution in [1.82, 2.24) is 4.98 Å². The van der Waals surface area contributed by atoms with Gasteiger partial charge in [0.25, 0.3) is 0 Å². The first-order valence-electron chi connectivity index (χ1n) is 2.45. The summed E-state index contributed by atoms with van der Waals surface area (Å²) >= 11 is 8.71. The Morgan fingerprint density at radius 3 is 2.90 bits per heavy atom. The molecule has 10 heavy (non-hydrogen) atoms. The first-order chi connectivity index (χ1) is 4.74. The molecule has 0 amide bonds. The van der Waals surface area contributed by atoms with Gasteiger partial charge in [-0.1, -0.05) is 11.6 Å². The van der Waals surface area contributed by atoms with Crippen molar-refractivity contribution in [2.45, 2.75) is 0 Å². The van der Waals surface area contributed by atoms with Crippen LogP contribution in [0.15, 0.2) is 16.9 Å². The predicted molar refractivity (Wildman–Crippen MR) is 41.7 cm³/mol. The van der Waals surface area contributed by atoms with Crippen LogP contribution in [0.4, 0.5) is 0 Å². The Balaban J connectivity index is 3.25. The lowest BCUT2D eigenvalue weighted by atomic mass is 10.3. The summed E-state index contributed by atoms with van der Waals surface area (Å²) in [6.07, 6.45) is 1.43. The van der Waals surface area contributed by atoms with E-state index in [2.05, 4.69) is 20.9 Å². The summed E-state index contributed by atoms with van der Waals surface area (Å²) in [5.41, 5.74) is 0.434. The molecule has 0 fully saturated rings. The highest BCUT2D eigenvalue weighted by atomic mass is 79.9. The Labute approximate surface area is 71.6 Å². The van der Waals surface area contributed by atoms with Gasteiger partial charge in [0.05, 0.1) is 10.6 Å². The zero-order chi connectivity index (χ0) is 7.56. The van der Waals surface area contributed by atoms with E-state index in [-0.39, 0.29) is 0 Å². The van der Waals surface area contributed by atoms with Gasteiger partial charge in [-0.05, 0) is 22.0 Å². The van der Waals surface area contributed by atoms with Crippen molar-refractivity contribution in [2.24, 2.45) is 0 Å². The van der Waals surface area contributed by atoms with Crippen LogP contribution in [0.1, 0.15) is 5.56 Å². The maximum absolute atomic E-state index is 8.46. The van der Waals surface area contributed by atoms with Crippen LogP contribution in [0.5, 0.6) is 0 Å². The molecular formula is C6H2BrClN2. The van der Waals surface area contributed by atoms with E-state index in [1.54, 1.807) is 6.07 Å². The van der Waals surface area contributed by atoms with Crippen LogP contribution < -0.4 is 0 Å². The first-order valence-corrected chi connectivity index (χ1v) is 3.62. The molecular weight excluding hydrogens is 215 g/mol. The highest BCUT2D eigenvalue weighted by Crippen LogP contribution is 2.16. The summed E-state index contributed by atoms with van der Waals surface area (Å²) in [4.78, 5) is 3.82. The average molecular weight is 217 g/mol. The minimum atomic E-state index is 0.380. The monoisotopic (exact) mass is 216 g/mol. The van der Waals surface area contributed by atoms with E-state index in [0.29, 0.717) is 15.2 Å². The fraction of sp³-hybridized carbons (Fsp3) is 0. The molecule has 0 saturated heterocycles. The molecule has 0 aliphatic heterocycles. The van der Waals surface area contributed by atoms with Gasteiger partial charge in [-0.25, -0.2) is 4.98 Å². The Morgan fingerprint density at radius 1 is 1.70 bits per heavy atom. The highest BCUT2D eigenvalue weighted by molar-refractivity contribution is 9.10. The van der Waals surface area contributed by atoms with Crippen molar-refractivity contribution < 1.29 is 0 Å². The molecule has 0 aliphatic rings. The van der Waals surface area contributed by atoms with Crippen LogP contribution in [-0.4, -0.2) is 4.98 Å². The zero-order valence-corrected chi connectivity index (χ0v) is 7.15. The summed E-state index contributed by atoms with van der Waals surface area (Å²) in [6.45, 7) is 0. The van der Waals surface area contributed by atoms with E-state index < -0.39 is 0 Å². The third-order valence-electron chi connectivity index (χ3n) is 0.942. The minimum Gasteiger partial charge on any atom is -0.248 e. The van der Waals surface area contributed by atoms with Crippen molar-refractivity contribution in [3.8, 4) is 6.07 Å². The molecule has 0 spiro atoms. The third-order valence-corrected chi connectivity index (χ3v) is 1.68. The summed E-state index contributed by atoms with van der Waals surface area (Å²) in [7, 11) is 0. The van der Waals surface area contributed by atoms with Crippen LogP contribution in [0.3, 0.4) is 0 Å². The molecule has 0 saturated carbocycles. The van der Waals surface area contributed by atoms with Gasteiger partial charge in [-0.2, -0.15) is 5.26 Å². The second-order valence-electron chi connectivity index (χ2n) is 1.60. The molecule has 1 heterocycles. The predicted octanol–water partition coefficient (Wildman–Crippen LogP) is 2.37. The summed E-state index contributed by atoms with van der Waals surface area (Å²) in [6, 6.07) is 3.51. The Kier molecular flexibility index (Phi) is 2.25. The molecule has 0 atom stereocenters. The fourth-order valence-electron chi connectivity index (χ4n) is 0.499. The van der Waals surface area contributed by atoms with Crippen molar-refractivity contribution in [1.29, 1.82) is 5.26 Å². The van der Waals surface area contributed by atoms with E-state index in [1.807, 2.05) is 6.07 Å². The number of hydrogen-bond donors (Lipinski definition) is 0. The number of hydrogen-bond acceptors (Lipinski definition) is 2. The van der Waals surface area contributed by atoms with E-state index >= 15 is 0 Å². The van der Waals surface area contributed by atoms with E-state index in [4.69, 9.17) is 16.9 Å². The normalized spacial score (nSPS) is 8.90.